The second kappa shape index (κ2) is 5.14. The summed E-state index contributed by atoms with van der Waals surface area (Å²) in [6, 6.07) is 9.46. The molecular weight excluding hydrogens is 221 g/mol. The number of alkyl halides is 1. The Balaban J connectivity index is 1.99. The van der Waals surface area contributed by atoms with Gasteiger partial charge < -0.3 is 10.6 Å². The van der Waals surface area contributed by atoms with Gasteiger partial charge in [-0.05, 0) is 12.6 Å². The van der Waals surface area contributed by atoms with E-state index in [2.05, 4.69) is 10.6 Å². The Bertz CT molecular complexity index is 385. The minimum Gasteiger partial charge on any atom is -0.335 e. The summed E-state index contributed by atoms with van der Waals surface area (Å²) >= 11 is 0. The van der Waals surface area contributed by atoms with Crippen LogP contribution in [-0.2, 0) is 6.54 Å². The standard InChI is InChI=1S/C12H16FN3O/c1-16(8-9-5-3-2-4-6-9)11-10(13)7-14-12(17)15-11/h2-6,10-11H,7-8H2,1H3,(H2,14,15,17). The van der Waals surface area contributed by atoms with E-state index in [4.69, 9.17) is 0 Å². The molecule has 1 aliphatic heterocycles. The Morgan fingerprint density at radius 1 is 1.41 bits per heavy atom. The predicted molar refractivity (Wildman–Crippen MR) is 63.1 cm³/mol. The molecule has 1 aromatic carbocycles. The van der Waals surface area contributed by atoms with Crippen molar-refractivity contribution in [1.29, 1.82) is 0 Å². The van der Waals surface area contributed by atoms with Gasteiger partial charge in [0.2, 0.25) is 0 Å². The van der Waals surface area contributed by atoms with Crippen molar-refractivity contribution < 1.29 is 9.18 Å². The highest BCUT2D eigenvalue weighted by Crippen LogP contribution is 2.11. The molecule has 0 aromatic heterocycles. The average molecular weight is 237 g/mol. The third-order valence-corrected chi connectivity index (χ3v) is 2.83. The summed E-state index contributed by atoms with van der Waals surface area (Å²) in [5.41, 5.74) is 1.09. The fourth-order valence-electron chi connectivity index (χ4n) is 1.93. The number of benzene rings is 1. The van der Waals surface area contributed by atoms with Gasteiger partial charge in [0.25, 0.3) is 0 Å². The van der Waals surface area contributed by atoms with E-state index in [0.717, 1.165) is 5.56 Å². The van der Waals surface area contributed by atoms with Crippen LogP contribution in [0.15, 0.2) is 30.3 Å². The van der Waals surface area contributed by atoms with E-state index >= 15 is 0 Å². The highest BCUT2D eigenvalue weighted by Gasteiger charge is 2.31. The van der Waals surface area contributed by atoms with Gasteiger partial charge >= 0.3 is 6.03 Å². The van der Waals surface area contributed by atoms with Gasteiger partial charge in [-0.15, -0.1) is 0 Å². The van der Waals surface area contributed by atoms with Crippen molar-refractivity contribution in [2.24, 2.45) is 0 Å². The maximum atomic E-state index is 13.7. The third kappa shape index (κ3) is 2.94. The zero-order chi connectivity index (χ0) is 12.3. The van der Waals surface area contributed by atoms with E-state index in [1.54, 1.807) is 11.9 Å². The number of nitrogens with one attached hydrogen (secondary N) is 2. The zero-order valence-electron chi connectivity index (χ0n) is 9.69. The van der Waals surface area contributed by atoms with Gasteiger partial charge in [-0.25, -0.2) is 9.18 Å². The summed E-state index contributed by atoms with van der Waals surface area (Å²) in [5.74, 6) is 0. The highest BCUT2D eigenvalue weighted by atomic mass is 19.1. The molecule has 0 aliphatic carbocycles. The van der Waals surface area contributed by atoms with Crippen molar-refractivity contribution in [1.82, 2.24) is 15.5 Å². The van der Waals surface area contributed by atoms with E-state index in [0.29, 0.717) is 6.54 Å². The summed E-state index contributed by atoms with van der Waals surface area (Å²) in [7, 11) is 1.80. The molecule has 2 N–H and O–H groups in total. The summed E-state index contributed by atoms with van der Waals surface area (Å²) in [6.07, 6.45) is -1.66. The van der Waals surface area contributed by atoms with Gasteiger partial charge in [0, 0.05) is 6.54 Å². The molecule has 0 bridgehead atoms. The monoisotopic (exact) mass is 237 g/mol. The molecule has 92 valence electrons. The Kier molecular flexibility index (Phi) is 3.58. The maximum Gasteiger partial charge on any atom is 0.316 e. The molecule has 2 rings (SSSR count). The first-order chi connectivity index (χ1) is 8.16. The van der Waals surface area contributed by atoms with Gasteiger partial charge in [0.05, 0.1) is 6.54 Å². The fourth-order valence-corrected chi connectivity index (χ4v) is 1.93. The number of hydrogen-bond donors (Lipinski definition) is 2. The number of halogens is 1. The summed E-state index contributed by atoms with van der Waals surface area (Å²) in [4.78, 5) is 13.0. The van der Waals surface area contributed by atoms with E-state index in [1.165, 1.54) is 0 Å². The second-order valence-corrected chi connectivity index (χ2v) is 4.22. The summed E-state index contributed by atoms with van der Waals surface area (Å²) < 4.78 is 13.7. The summed E-state index contributed by atoms with van der Waals surface area (Å²) in [5, 5.41) is 5.02. The fraction of sp³-hybridized carbons (Fsp3) is 0.417. The lowest BCUT2D eigenvalue weighted by atomic mass is 10.2. The lowest BCUT2D eigenvalue weighted by Gasteiger charge is -2.34. The van der Waals surface area contributed by atoms with Gasteiger partial charge in [-0.3, -0.25) is 4.90 Å². The molecule has 1 aliphatic rings. The average Bonchev–Trinajstić information content (AvgIpc) is 2.33. The molecule has 0 spiro atoms. The Hall–Kier alpha value is -1.62. The molecule has 4 nitrogen and oxygen atoms in total. The van der Waals surface area contributed by atoms with Crippen molar-refractivity contribution in [2.45, 2.75) is 18.9 Å². The lowest BCUT2D eigenvalue weighted by Crippen LogP contribution is -2.61. The first-order valence-electron chi connectivity index (χ1n) is 5.59. The number of urea groups is 1. The molecule has 2 unspecified atom stereocenters. The van der Waals surface area contributed by atoms with Crippen LogP contribution in [0.2, 0.25) is 0 Å². The number of amides is 2. The van der Waals surface area contributed by atoms with Gasteiger partial charge in [0.1, 0.15) is 6.17 Å². The van der Waals surface area contributed by atoms with Crippen LogP contribution in [0.4, 0.5) is 9.18 Å². The van der Waals surface area contributed by atoms with Gasteiger partial charge in [-0.1, -0.05) is 30.3 Å². The third-order valence-electron chi connectivity index (χ3n) is 2.83. The number of nitrogens with zero attached hydrogens (tertiary/aromatic N) is 1. The molecule has 1 aromatic rings. The Morgan fingerprint density at radius 2 is 2.12 bits per heavy atom. The van der Waals surface area contributed by atoms with Gasteiger partial charge in [-0.2, -0.15) is 0 Å². The highest BCUT2D eigenvalue weighted by molar-refractivity contribution is 5.75. The van der Waals surface area contributed by atoms with Crippen molar-refractivity contribution in [3.8, 4) is 0 Å². The molecule has 1 fully saturated rings. The molecule has 1 heterocycles. The predicted octanol–water partition coefficient (Wildman–Crippen LogP) is 1.10. The molecule has 0 saturated carbocycles. The second-order valence-electron chi connectivity index (χ2n) is 4.22. The Labute approximate surface area is 99.8 Å². The van der Waals surface area contributed by atoms with Crippen LogP contribution in [0.3, 0.4) is 0 Å². The van der Waals surface area contributed by atoms with E-state index < -0.39 is 12.3 Å². The molecule has 5 heteroatoms. The first kappa shape index (κ1) is 11.9. The number of rotatable bonds is 3. The van der Waals surface area contributed by atoms with Crippen LogP contribution < -0.4 is 10.6 Å². The summed E-state index contributed by atoms with van der Waals surface area (Å²) in [6.45, 7) is 0.668. The van der Waals surface area contributed by atoms with Crippen LogP contribution in [0.25, 0.3) is 0 Å². The van der Waals surface area contributed by atoms with Crippen LogP contribution in [0.1, 0.15) is 5.56 Å². The largest absolute Gasteiger partial charge is 0.335 e. The van der Waals surface area contributed by atoms with Crippen LogP contribution in [0.5, 0.6) is 0 Å². The topological polar surface area (TPSA) is 44.4 Å². The minimum absolute atomic E-state index is 0.0651. The number of hydrogen-bond acceptors (Lipinski definition) is 2. The number of carbonyl (C=O) groups excluding carboxylic acids is 1. The Morgan fingerprint density at radius 3 is 2.82 bits per heavy atom. The van der Waals surface area contributed by atoms with Crippen LogP contribution >= 0.6 is 0 Å². The lowest BCUT2D eigenvalue weighted by molar-refractivity contribution is 0.0905. The molecule has 1 saturated heterocycles. The molecule has 2 amide bonds. The van der Waals surface area contributed by atoms with Crippen molar-refractivity contribution >= 4 is 6.03 Å². The molecule has 17 heavy (non-hydrogen) atoms. The molecule has 0 radical (unpaired) electrons. The zero-order valence-corrected chi connectivity index (χ0v) is 9.69. The quantitative estimate of drug-likeness (QED) is 0.826. The van der Waals surface area contributed by atoms with Gasteiger partial charge in [0.15, 0.2) is 6.17 Å². The van der Waals surface area contributed by atoms with E-state index in [9.17, 15) is 9.18 Å². The SMILES string of the molecule is CN(Cc1ccccc1)C1NC(=O)NCC1F. The minimum atomic E-state index is -1.10. The molecule has 2 atom stereocenters. The van der Waals surface area contributed by atoms with E-state index in [1.807, 2.05) is 30.3 Å². The number of carbonyl (C=O) groups is 1. The maximum absolute atomic E-state index is 13.7. The molecular formula is C12H16FN3O. The smallest absolute Gasteiger partial charge is 0.316 e. The van der Waals surface area contributed by atoms with E-state index in [-0.39, 0.29) is 12.6 Å². The van der Waals surface area contributed by atoms with Crippen LogP contribution in [0, 0.1) is 0 Å². The normalized spacial score (nSPS) is 24.3. The van der Waals surface area contributed by atoms with Crippen molar-refractivity contribution in [3.05, 3.63) is 35.9 Å². The van der Waals surface area contributed by atoms with Crippen LogP contribution in [-0.4, -0.2) is 36.9 Å². The van der Waals surface area contributed by atoms with Crippen molar-refractivity contribution in [2.75, 3.05) is 13.6 Å². The van der Waals surface area contributed by atoms with Crippen molar-refractivity contribution in [3.63, 3.8) is 0 Å². The first-order valence-corrected chi connectivity index (χ1v) is 5.59.